The maximum atomic E-state index is 6.01. The van der Waals surface area contributed by atoms with Crippen molar-refractivity contribution in [3.8, 4) is 0 Å². The molecule has 2 N–H and O–H groups in total. The second-order valence-corrected chi connectivity index (χ2v) is 5.85. The van der Waals surface area contributed by atoms with Crippen molar-refractivity contribution in [2.75, 3.05) is 12.3 Å². The first kappa shape index (κ1) is 14.0. The number of nitrogen functional groups attached to an aromatic ring is 1. The fourth-order valence-electron chi connectivity index (χ4n) is 2.32. The van der Waals surface area contributed by atoms with E-state index in [1.165, 1.54) is 5.56 Å². The van der Waals surface area contributed by atoms with Crippen molar-refractivity contribution in [1.29, 1.82) is 0 Å². The van der Waals surface area contributed by atoms with Gasteiger partial charge in [0, 0.05) is 6.54 Å². The molecule has 0 aliphatic heterocycles. The Morgan fingerprint density at radius 1 is 1.10 bits per heavy atom. The maximum Gasteiger partial charge on any atom is 0.146 e. The van der Waals surface area contributed by atoms with Gasteiger partial charge >= 0.3 is 0 Å². The van der Waals surface area contributed by atoms with E-state index in [1.807, 2.05) is 17.5 Å². The molecule has 0 spiro atoms. The molecule has 0 bridgehead atoms. The van der Waals surface area contributed by atoms with Gasteiger partial charge in [0.2, 0.25) is 0 Å². The van der Waals surface area contributed by atoms with Gasteiger partial charge in [0.15, 0.2) is 0 Å². The second kappa shape index (κ2) is 6.20. The molecule has 4 nitrogen and oxygen atoms in total. The Morgan fingerprint density at radius 3 is 2.67 bits per heavy atom. The van der Waals surface area contributed by atoms with E-state index < -0.39 is 0 Å². The Bertz CT molecular complexity index is 723. The Morgan fingerprint density at radius 2 is 1.90 bits per heavy atom. The number of anilines is 1. The smallest absolute Gasteiger partial charge is 0.146 e. The summed E-state index contributed by atoms with van der Waals surface area (Å²) in [6.45, 7) is 4.70. The summed E-state index contributed by atoms with van der Waals surface area (Å²) in [6.07, 6.45) is 0. The number of thiophene rings is 1. The van der Waals surface area contributed by atoms with Gasteiger partial charge in [-0.15, -0.1) is 11.3 Å². The molecular weight excluding hydrogens is 280 g/mol. The lowest BCUT2D eigenvalue weighted by Gasteiger charge is -2.19. The van der Waals surface area contributed by atoms with Crippen LogP contribution < -0.4 is 5.73 Å². The van der Waals surface area contributed by atoms with E-state index in [2.05, 4.69) is 46.1 Å². The molecule has 21 heavy (non-hydrogen) atoms. The first-order chi connectivity index (χ1) is 10.3. The van der Waals surface area contributed by atoms with Crippen molar-refractivity contribution in [3.63, 3.8) is 0 Å². The van der Waals surface area contributed by atoms with Crippen molar-refractivity contribution in [2.45, 2.75) is 20.0 Å². The number of rotatable bonds is 5. The third-order valence-corrected chi connectivity index (χ3v) is 4.27. The third-order valence-electron chi connectivity index (χ3n) is 3.46. The Balaban J connectivity index is 1.79. The van der Waals surface area contributed by atoms with E-state index in [1.54, 1.807) is 11.3 Å². The summed E-state index contributed by atoms with van der Waals surface area (Å²) in [7, 11) is 0. The van der Waals surface area contributed by atoms with Gasteiger partial charge in [0.1, 0.15) is 16.5 Å². The van der Waals surface area contributed by atoms with Gasteiger partial charge in [-0.05, 0) is 23.6 Å². The highest BCUT2D eigenvalue weighted by Crippen LogP contribution is 2.23. The van der Waals surface area contributed by atoms with Gasteiger partial charge in [-0.25, -0.2) is 9.97 Å². The van der Waals surface area contributed by atoms with Crippen LogP contribution in [-0.2, 0) is 13.1 Å². The maximum absolute atomic E-state index is 6.01. The van der Waals surface area contributed by atoms with Crippen LogP contribution in [0.4, 0.5) is 5.82 Å². The summed E-state index contributed by atoms with van der Waals surface area (Å²) in [4.78, 5) is 12.3. The van der Waals surface area contributed by atoms with Crippen LogP contribution in [0.1, 0.15) is 18.3 Å². The molecule has 0 amide bonds. The summed E-state index contributed by atoms with van der Waals surface area (Å²) in [6, 6.07) is 12.4. The molecule has 3 rings (SSSR count). The van der Waals surface area contributed by atoms with Crippen LogP contribution in [0.5, 0.6) is 0 Å². The van der Waals surface area contributed by atoms with Gasteiger partial charge in [-0.1, -0.05) is 37.3 Å². The lowest BCUT2D eigenvalue weighted by Crippen LogP contribution is -2.23. The fraction of sp³-hybridized carbons (Fsp3) is 0.250. The lowest BCUT2D eigenvalue weighted by molar-refractivity contribution is 0.265. The minimum atomic E-state index is 0.576. The van der Waals surface area contributed by atoms with Gasteiger partial charge in [-0.3, -0.25) is 4.90 Å². The topological polar surface area (TPSA) is 55.0 Å². The van der Waals surface area contributed by atoms with Crippen molar-refractivity contribution >= 4 is 27.4 Å². The summed E-state index contributed by atoms with van der Waals surface area (Å²) < 4.78 is 0. The standard InChI is InChI=1S/C16H18N4S/c1-2-20(10-12-6-4-3-5-7-12)11-14-18-15(17)13-8-9-21-16(13)19-14/h3-9H,2,10-11H2,1H3,(H2,17,18,19). The highest BCUT2D eigenvalue weighted by Gasteiger charge is 2.10. The van der Waals surface area contributed by atoms with E-state index in [9.17, 15) is 0 Å². The SMILES string of the molecule is CCN(Cc1ccccc1)Cc1nc(N)c2ccsc2n1. The molecule has 3 aromatic rings. The van der Waals surface area contributed by atoms with Crippen LogP contribution in [0, 0.1) is 0 Å². The number of nitrogens with zero attached hydrogens (tertiary/aromatic N) is 3. The van der Waals surface area contributed by atoms with Gasteiger partial charge < -0.3 is 5.73 Å². The molecule has 2 heterocycles. The monoisotopic (exact) mass is 298 g/mol. The third kappa shape index (κ3) is 3.20. The minimum absolute atomic E-state index is 0.576. The van der Waals surface area contributed by atoms with Crippen LogP contribution in [0.2, 0.25) is 0 Å². The average Bonchev–Trinajstić information content (AvgIpc) is 2.96. The molecule has 0 unspecified atom stereocenters. The van der Waals surface area contributed by atoms with E-state index >= 15 is 0 Å². The summed E-state index contributed by atoms with van der Waals surface area (Å²) in [5.41, 5.74) is 7.30. The molecule has 108 valence electrons. The lowest BCUT2D eigenvalue weighted by atomic mass is 10.2. The number of aromatic nitrogens is 2. The summed E-state index contributed by atoms with van der Waals surface area (Å²) in [5.74, 6) is 1.37. The highest BCUT2D eigenvalue weighted by molar-refractivity contribution is 7.16. The summed E-state index contributed by atoms with van der Waals surface area (Å²) in [5, 5.41) is 2.95. The molecule has 2 aromatic heterocycles. The minimum Gasteiger partial charge on any atom is -0.383 e. The summed E-state index contributed by atoms with van der Waals surface area (Å²) >= 11 is 1.60. The van der Waals surface area contributed by atoms with Crippen molar-refractivity contribution in [3.05, 3.63) is 53.2 Å². The van der Waals surface area contributed by atoms with Gasteiger partial charge in [0.05, 0.1) is 11.9 Å². The molecule has 0 aliphatic carbocycles. The Kier molecular flexibility index (Phi) is 4.13. The largest absolute Gasteiger partial charge is 0.383 e. The first-order valence-electron chi connectivity index (χ1n) is 7.02. The zero-order valence-corrected chi connectivity index (χ0v) is 12.8. The van der Waals surface area contributed by atoms with Crippen LogP contribution in [0.3, 0.4) is 0 Å². The number of hydrogen-bond acceptors (Lipinski definition) is 5. The number of fused-ring (bicyclic) bond motifs is 1. The fourth-order valence-corrected chi connectivity index (χ4v) is 3.11. The van der Waals surface area contributed by atoms with Gasteiger partial charge in [-0.2, -0.15) is 0 Å². The zero-order chi connectivity index (χ0) is 14.7. The molecule has 5 heteroatoms. The Labute approximate surface area is 128 Å². The van der Waals surface area contributed by atoms with E-state index in [0.717, 1.165) is 29.1 Å². The van der Waals surface area contributed by atoms with Crippen molar-refractivity contribution in [1.82, 2.24) is 14.9 Å². The normalized spacial score (nSPS) is 11.3. The van der Waals surface area contributed by atoms with E-state index in [-0.39, 0.29) is 0 Å². The zero-order valence-electron chi connectivity index (χ0n) is 12.0. The van der Waals surface area contributed by atoms with Crippen LogP contribution in [-0.4, -0.2) is 21.4 Å². The Hall–Kier alpha value is -1.98. The number of nitrogens with two attached hydrogens (primary N) is 1. The molecule has 1 aromatic carbocycles. The van der Waals surface area contributed by atoms with Crippen LogP contribution in [0.15, 0.2) is 41.8 Å². The van der Waals surface area contributed by atoms with E-state index in [4.69, 9.17) is 5.73 Å². The molecule has 0 saturated carbocycles. The predicted molar refractivity (Wildman–Crippen MR) is 88.1 cm³/mol. The molecular formula is C16H18N4S. The molecule has 0 aliphatic rings. The second-order valence-electron chi connectivity index (χ2n) is 4.95. The number of benzene rings is 1. The number of hydrogen-bond donors (Lipinski definition) is 1. The van der Waals surface area contributed by atoms with Crippen LogP contribution in [0.25, 0.3) is 10.2 Å². The first-order valence-corrected chi connectivity index (χ1v) is 7.90. The average molecular weight is 298 g/mol. The molecule has 0 saturated heterocycles. The van der Waals surface area contributed by atoms with E-state index in [0.29, 0.717) is 12.4 Å². The highest BCUT2D eigenvalue weighted by atomic mass is 32.1. The van der Waals surface area contributed by atoms with Gasteiger partial charge in [0.25, 0.3) is 0 Å². The van der Waals surface area contributed by atoms with Crippen molar-refractivity contribution in [2.24, 2.45) is 0 Å². The molecule has 0 atom stereocenters. The quantitative estimate of drug-likeness (QED) is 0.785. The predicted octanol–water partition coefficient (Wildman–Crippen LogP) is 3.30. The van der Waals surface area contributed by atoms with Crippen LogP contribution >= 0.6 is 11.3 Å². The molecule has 0 radical (unpaired) electrons. The molecule has 0 fully saturated rings. The van der Waals surface area contributed by atoms with Crippen molar-refractivity contribution < 1.29 is 0 Å².